The summed E-state index contributed by atoms with van der Waals surface area (Å²) in [7, 11) is 0. The average molecular weight is 354 g/mol. The zero-order chi connectivity index (χ0) is 18.2. The number of carbonyl (C=O) groups excluding carboxylic acids is 4. The molecule has 2 aliphatic rings. The summed E-state index contributed by atoms with van der Waals surface area (Å²) in [5.74, 6) is -1.07. The summed E-state index contributed by atoms with van der Waals surface area (Å²) >= 11 is 0. The summed E-state index contributed by atoms with van der Waals surface area (Å²) in [6.45, 7) is 5.12. The average Bonchev–Trinajstić information content (AvgIpc) is 3.03. The van der Waals surface area contributed by atoms with Crippen molar-refractivity contribution in [3.63, 3.8) is 0 Å². The van der Waals surface area contributed by atoms with Gasteiger partial charge in [0, 0.05) is 52.2 Å². The van der Waals surface area contributed by atoms with E-state index < -0.39 is 17.9 Å². The Kier molecular flexibility index (Phi) is 7.03. The number of nitrogens with one attached hydrogen (secondary N) is 1. The first-order valence-corrected chi connectivity index (χ1v) is 8.79. The molecule has 0 aromatic rings. The van der Waals surface area contributed by atoms with Gasteiger partial charge in [-0.05, 0) is 19.8 Å². The Balaban J connectivity index is 1.64. The zero-order valence-corrected chi connectivity index (χ0v) is 14.7. The van der Waals surface area contributed by atoms with Crippen LogP contribution in [0.3, 0.4) is 0 Å². The first-order chi connectivity index (χ1) is 12.0. The van der Waals surface area contributed by atoms with Crippen molar-refractivity contribution in [1.82, 2.24) is 20.0 Å². The van der Waals surface area contributed by atoms with Crippen LogP contribution < -0.4 is 5.32 Å². The standard InChI is InChI=1S/C16H26N4O5/c1-2-25-16(24)20-11-9-19(10-12-20)15(23)14(22)17-6-4-8-18-7-3-5-13(18)21/h2-12H2,1H3,(H,17,22). The second kappa shape index (κ2) is 9.24. The Morgan fingerprint density at radius 3 is 2.36 bits per heavy atom. The number of hydrogen-bond donors (Lipinski definition) is 1. The molecule has 1 N–H and O–H groups in total. The number of likely N-dealkylation sites (tertiary alicyclic amines) is 1. The quantitative estimate of drug-likeness (QED) is 0.526. The predicted octanol–water partition coefficient (Wildman–Crippen LogP) is -0.584. The van der Waals surface area contributed by atoms with Crippen LogP contribution in [0, 0.1) is 0 Å². The van der Waals surface area contributed by atoms with Crippen molar-refractivity contribution in [3.8, 4) is 0 Å². The lowest BCUT2D eigenvalue weighted by atomic mass is 10.3. The highest BCUT2D eigenvalue weighted by molar-refractivity contribution is 6.35. The van der Waals surface area contributed by atoms with Crippen LogP contribution >= 0.6 is 0 Å². The zero-order valence-electron chi connectivity index (χ0n) is 14.7. The maximum atomic E-state index is 12.1. The Hall–Kier alpha value is -2.32. The fraction of sp³-hybridized carbons (Fsp3) is 0.750. The van der Waals surface area contributed by atoms with E-state index >= 15 is 0 Å². The Bertz CT molecular complexity index is 517. The van der Waals surface area contributed by atoms with Gasteiger partial charge in [-0.25, -0.2) is 4.79 Å². The van der Waals surface area contributed by atoms with Crippen LogP contribution in [0.2, 0.25) is 0 Å². The first kappa shape index (κ1) is 19.0. The van der Waals surface area contributed by atoms with Gasteiger partial charge in [-0.1, -0.05) is 0 Å². The van der Waals surface area contributed by atoms with Crippen LogP contribution in [0.1, 0.15) is 26.2 Å². The molecule has 0 aliphatic carbocycles. The lowest BCUT2D eigenvalue weighted by Gasteiger charge is -2.33. The van der Waals surface area contributed by atoms with E-state index in [-0.39, 0.29) is 5.91 Å². The third kappa shape index (κ3) is 5.33. The Morgan fingerprint density at radius 1 is 1.08 bits per heavy atom. The molecule has 0 bridgehead atoms. The van der Waals surface area contributed by atoms with Gasteiger partial charge in [0.15, 0.2) is 0 Å². The number of nitrogens with zero attached hydrogens (tertiary/aromatic N) is 3. The predicted molar refractivity (Wildman–Crippen MR) is 88.6 cm³/mol. The Labute approximate surface area is 147 Å². The van der Waals surface area contributed by atoms with Crippen LogP contribution in [-0.2, 0) is 19.1 Å². The van der Waals surface area contributed by atoms with E-state index in [0.29, 0.717) is 58.7 Å². The second-order valence-electron chi connectivity index (χ2n) is 6.07. The van der Waals surface area contributed by atoms with E-state index in [1.54, 1.807) is 11.8 Å². The molecule has 0 spiro atoms. The summed E-state index contributed by atoms with van der Waals surface area (Å²) in [4.78, 5) is 51.9. The highest BCUT2D eigenvalue weighted by Crippen LogP contribution is 2.09. The number of ether oxygens (including phenoxy) is 1. The van der Waals surface area contributed by atoms with E-state index in [1.807, 2.05) is 0 Å². The van der Waals surface area contributed by atoms with Crippen molar-refractivity contribution >= 4 is 23.8 Å². The molecule has 4 amide bonds. The third-order valence-corrected chi connectivity index (χ3v) is 4.35. The lowest BCUT2D eigenvalue weighted by Crippen LogP contribution is -2.54. The minimum absolute atomic E-state index is 0.155. The van der Waals surface area contributed by atoms with Gasteiger partial charge in [-0.15, -0.1) is 0 Å². The van der Waals surface area contributed by atoms with E-state index in [1.165, 1.54) is 9.80 Å². The maximum Gasteiger partial charge on any atom is 0.409 e. The van der Waals surface area contributed by atoms with Gasteiger partial charge in [0.2, 0.25) is 5.91 Å². The molecule has 0 aromatic heterocycles. The van der Waals surface area contributed by atoms with Crippen molar-refractivity contribution in [2.75, 3.05) is 52.4 Å². The monoisotopic (exact) mass is 354 g/mol. The highest BCUT2D eigenvalue weighted by atomic mass is 16.6. The molecule has 2 fully saturated rings. The van der Waals surface area contributed by atoms with Crippen LogP contribution in [0.15, 0.2) is 0 Å². The number of carbonyl (C=O) groups is 4. The van der Waals surface area contributed by atoms with Crippen molar-refractivity contribution < 1.29 is 23.9 Å². The van der Waals surface area contributed by atoms with Crippen LogP contribution in [0.5, 0.6) is 0 Å². The molecule has 2 rings (SSSR count). The summed E-state index contributed by atoms with van der Waals surface area (Å²) in [5, 5.41) is 2.60. The highest BCUT2D eigenvalue weighted by Gasteiger charge is 2.28. The molecule has 0 atom stereocenters. The van der Waals surface area contributed by atoms with Crippen molar-refractivity contribution in [2.45, 2.75) is 26.2 Å². The van der Waals surface area contributed by atoms with Crippen LogP contribution in [-0.4, -0.2) is 90.9 Å². The van der Waals surface area contributed by atoms with Gasteiger partial charge in [0.05, 0.1) is 6.61 Å². The van der Waals surface area contributed by atoms with Crippen LogP contribution in [0.25, 0.3) is 0 Å². The molecule has 0 radical (unpaired) electrons. The number of hydrogen-bond acceptors (Lipinski definition) is 5. The molecule has 9 nitrogen and oxygen atoms in total. The van der Waals surface area contributed by atoms with Gasteiger partial charge in [0.1, 0.15) is 0 Å². The van der Waals surface area contributed by atoms with E-state index in [0.717, 1.165) is 13.0 Å². The van der Waals surface area contributed by atoms with Crippen molar-refractivity contribution in [3.05, 3.63) is 0 Å². The second-order valence-corrected chi connectivity index (χ2v) is 6.07. The Morgan fingerprint density at radius 2 is 1.76 bits per heavy atom. The summed E-state index contributed by atoms with van der Waals surface area (Å²) < 4.78 is 4.92. The van der Waals surface area contributed by atoms with Gasteiger partial charge >= 0.3 is 17.9 Å². The molecular weight excluding hydrogens is 328 g/mol. The fourth-order valence-electron chi connectivity index (χ4n) is 2.94. The van der Waals surface area contributed by atoms with Crippen molar-refractivity contribution in [2.24, 2.45) is 0 Å². The van der Waals surface area contributed by atoms with E-state index in [9.17, 15) is 19.2 Å². The third-order valence-electron chi connectivity index (χ3n) is 4.35. The summed E-state index contributed by atoms with van der Waals surface area (Å²) in [6.07, 6.45) is 1.72. The molecule has 2 saturated heterocycles. The molecule has 0 unspecified atom stereocenters. The van der Waals surface area contributed by atoms with Gasteiger partial charge in [-0.3, -0.25) is 14.4 Å². The normalized spacial score (nSPS) is 17.6. The number of rotatable bonds is 5. The smallest absolute Gasteiger partial charge is 0.409 e. The molecule has 9 heteroatoms. The van der Waals surface area contributed by atoms with Gasteiger partial charge in [-0.2, -0.15) is 0 Å². The largest absolute Gasteiger partial charge is 0.450 e. The topological polar surface area (TPSA) is 99.3 Å². The molecule has 140 valence electrons. The van der Waals surface area contributed by atoms with E-state index in [2.05, 4.69) is 5.32 Å². The summed E-state index contributed by atoms with van der Waals surface area (Å²) in [5.41, 5.74) is 0. The SMILES string of the molecule is CCOC(=O)N1CCN(C(=O)C(=O)NCCCN2CCCC2=O)CC1. The minimum atomic E-state index is -0.641. The molecule has 2 aliphatic heterocycles. The number of piperazine rings is 1. The van der Waals surface area contributed by atoms with Gasteiger partial charge < -0.3 is 24.8 Å². The molecule has 0 saturated carbocycles. The first-order valence-electron chi connectivity index (χ1n) is 8.79. The molecule has 0 aromatic carbocycles. The molecular formula is C16H26N4O5. The van der Waals surface area contributed by atoms with Crippen molar-refractivity contribution in [1.29, 1.82) is 0 Å². The van der Waals surface area contributed by atoms with Gasteiger partial charge in [0.25, 0.3) is 0 Å². The van der Waals surface area contributed by atoms with Crippen LogP contribution in [0.4, 0.5) is 4.79 Å². The minimum Gasteiger partial charge on any atom is -0.450 e. The lowest BCUT2D eigenvalue weighted by molar-refractivity contribution is -0.146. The number of amides is 4. The molecule has 25 heavy (non-hydrogen) atoms. The maximum absolute atomic E-state index is 12.1. The molecule has 2 heterocycles. The fourth-order valence-corrected chi connectivity index (χ4v) is 2.94. The summed E-state index contributed by atoms with van der Waals surface area (Å²) in [6, 6.07) is 0. The van der Waals surface area contributed by atoms with E-state index in [4.69, 9.17) is 4.74 Å².